The van der Waals surface area contributed by atoms with Crippen molar-refractivity contribution in [1.82, 2.24) is 0 Å². The first kappa shape index (κ1) is 24.4. The lowest BCUT2D eigenvalue weighted by molar-refractivity contribution is -0.294. The average Bonchev–Trinajstić information content (AvgIpc) is 2.58. The smallest absolute Gasteiger partial charge is 0.335 e. The Kier molecular flexibility index (Phi) is 7.95. The fraction of sp³-hybridized carbons (Fsp3) is 1.00. The molecule has 166 valence electrons. The minimum atomic E-state index is -2.85. The molecule has 2 heterocycles. The Hall–Kier alpha value is 0.154. The molecule has 0 aromatic rings. The molecule has 5 atom stereocenters. The summed E-state index contributed by atoms with van der Waals surface area (Å²) in [5.41, 5.74) is 0.746. The standard InChI is InChI=1S/C19H40O7Si2/c1-11(2)27(12(3)4)23-10-15-18(16(20)17(21)19(22-9)24-15)25-28(26-27,13(5)6)14(7)8/h11-21H,10H2,1-9H3. The Labute approximate surface area is 172 Å². The first-order chi connectivity index (χ1) is 12.9. The molecule has 5 unspecified atom stereocenters. The molecule has 2 N–H and O–H groups in total. The summed E-state index contributed by atoms with van der Waals surface area (Å²) >= 11 is 0. The third-order valence-corrected chi connectivity index (χ3v) is 16.5. The molecule has 0 amide bonds. The summed E-state index contributed by atoms with van der Waals surface area (Å²) in [5.74, 6) is 0. The molecule has 2 aliphatic rings. The van der Waals surface area contributed by atoms with Crippen LogP contribution >= 0.6 is 0 Å². The van der Waals surface area contributed by atoms with Crippen LogP contribution < -0.4 is 0 Å². The van der Waals surface area contributed by atoms with Gasteiger partial charge in [0.15, 0.2) is 6.29 Å². The summed E-state index contributed by atoms with van der Waals surface area (Å²) in [6, 6.07) is 0. The van der Waals surface area contributed by atoms with Gasteiger partial charge in [-0.1, -0.05) is 55.4 Å². The molecule has 9 heteroatoms. The molecule has 0 aromatic heterocycles. The maximum absolute atomic E-state index is 10.8. The lowest BCUT2D eigenvalue weighted by Crippen LogP contribution is -2.70. The van der Waals surface area contributed by atoms with Crippen LogP contribution in [0.4, 0.5) is 0 Å². The lowest BCUT2D eigenvalue weighted by Gasteiger charge is -2.54. The fourth-order valence-corrected chi connectivity index (χ4v) is 15.7. The third kappa shape index (κ3) is 4.15. The van der Waals surface area contributed by atoms with Crippen molar-refractivity contribution in [2.45, 2.75) is 108 Å². The molecule has 0 aromatic carbocycles. The van der Waals surface area contributed by atoms with Gasteiger partial charge in [-0.25, -0.2) is 0 Å². The van der Waals surface area contributed by atoms with Gasteiger partial charge in [0, 0.05) is 7.11 Å². The van der Waals surface area contributed by atoms with Crippen molar-refractivity contribution in [2.75, 3.05) is 13.7 Å². The average molecular weight is 437 g/mol. The van der Waals surface area contributed by atoms with E-state index in [4.69, 9.17) is 22.4 Å². The molecular formula is C19H40O7Si2. The second kappa shape index (κ2) is 9.11. The Morgan fingerprint density at radius 2 is 1.32 bits per heavy atom. The Morgan fingerprint density at radius 3 is 1.75 bits per heavy atom. The molecular weight excluding hydrogens is 396 g/mol. The highest BCUT2D eigenvalue weighted by atomic mass is 28.5. The predicted molar refractivity (Wildman–Crippen MR) is 111 cm³/mol. The number of aliphatic hydroxyl groups is 2. The van der Waals surface area contributed by atoms with Gasteiger partial charge in [-0.3, -0.25) is 0 Å². The topological polar surface area (TPSA) is 86.6 Å². The van der Waals surface area contributed by atoms with E-state index in [9.17, 15) is 10.2 Å². The number of methoxy groups -OCH3 is 1. The maximum Gasteiger partial charge on any atom is 0.335 e. The monoisotopic (exact) mass is 436 g/mol. The van der Waals surface area contributed by atoms with Crippen molar-refractivity contribution < 1.29 is 32.7 Å². The largest absolute Gasteiger partial charge is 0.414 e. The highest BCUT2D eigenvalue weighted by molar-refractivity contribution is 6.83. The summed E-state index contributed by atoms with van der Waals surface area (Å²) in [6.07, 6.45) is -4.47. The van der Waals surface area contributed by atoms with E-state index >= 15 is 0 Å². The van der Waals surface area contributed by atoms with Crippen molar-refractivity contribution in [3.8, 4) is 0 Å². The highest BCUT2D eigenvalue weighted by Crippen LogP contribution is 2.47. The van der Waals surface area contributed by atoms with Gasteiger partial charge in [-0.15, -0.1) is 0 Å². The molecule has 7 nitrogen and oxygen atoms in total. The van der Waals surface area contributed by atoms with Crippen LogP contribution in [-0.4, -0.2) is 71.8 Å². The zero-order chi connectivity index (χ0) is 21.4. The minimum absolute atomic E-state index is 0.142. The number of ether oxygens (including phenoxy) is 2. The first-order valence-electron chi connectivity index (χ1n) is 10.5. The molecule has 2 saturated heterocycles. The van der Waals surface area contributed by atoms with E-state index in [0.717, 1.165) is 0 Å². The quantitative estimate of drug-likeness (QED) is 0.641. The fourth-order valence-electron chi connectivity index (χ4n) is 4.52. The Morgan fingerprint density at radius 1 is 0.821 bits per heavy atom. The molecule has 0 aliphatic carbocycles. The van der Waals surface area contributed by atoms with E-state index in [1.54, 1.807) is 0 Å². The van der Waals surface area contributed by atoms with Crippen LogP contribution in [0.5, 0.6) is 0 Å². The van der Waals surface area contributed by atoms with Crippen molar-refractivity contribution >= 4 is 17.1 Å². The molecule has 0 bridgehead atoms. The molecule has 0 spiro atoms. The van der Waals surface area contributed by atoms with Crippen molar-refractivity contribution in [3.63, 3.8) is 0 Å². The highest BCUT2D eigenvalue weighted by Gasteiger charge is 2.61. The van der Waals surface area contributed by atoms with Gasteiger partial charge < -0.3 is 32.7 Å². The van der Waals surface area contributed by atoms with Crippen molar-refractivity contribution in [2.24, 2.45) is 0 Å². The van der Waals surface area contributed by atoms with Crippen molar-refractivity contribution in [1.29, 1.82) is 0 Å². The molecule has 2 aliphatic heterocycles. The van der Waals surface area contributed by atoms with Gasteiger partial charge in [0.2, 0.25) is 0 Å². The van der Waals surface area contributed by atoms with E-state index in [-0.39, 0.29) is 28.8 Å². The lowest BCUT2D eigenvalue weighted by atomic mass is 9.99. The van der Waals surface area contributed by atoms with Gasteiger partial charge in [0.1, 0.15) is 24.4 Å². The summed E-state index contributed by atoms with van der Waals surface area (Å²) in [5, 5.41) is 21.3. The van der Waals surface area contributed by atoms with Crippen LogP contribution in [0, 0.1) is 0 Å². The maximum atomic E-state index is 10.8. The molecule has 2 rings (SSSR count). The van der Waals surface area contributed by atoms with E-state index in [0.29, 0.717) is 0 Å². The van der Waals surface area contributed by atoms with Gasteiger partial charge in [0.05, 0.1) is 6.61 Å². The van der Waals surface area contributed by atoms with Crippen molar-refractivity contribution in [3.05, 3.63) is 0 Å². The number of aliphatic hydroxyl groups excluding tert-OH is 2. The summed E-state index contributed by atoms with van der Waals surface area (Å²) in [6.45, 7) is 17.3. The molecule has 2 fully saturated rings. The number of rotatable bonds is 5. The summed E-state index contributed by atoms with van der Waals surface area (Å²) in [7, 11) is -4.05. The number of fused-ring (bicyclic) bond motifs is 1. The first-order valence-corrected chi connectivity index (χ1v) is 14.4. The summed E-state index contributed by atoms with van der Waals surface area (Å²) in [4.78, 5) is 0. The number of hydrogen-bond acceptors (Lipinski definition) is 7. The molecule has 0 saturated carbocycles. The Balaban J connectivity index is 2.55. The summed E-state index contributed by atoms with van der Waals surface area (Å²) < 4.78 is 31.6. The normalized spacial score (nSPS) is 35.9. The van der Waals surface area contributed by atoms with Crippen LogP contribution in [-0.2, 0) is 22.4 Å². The Bertz CT molecular complexity index is 499. The van der Waals surface area contributed by atoms with Gasteiger partial charge >= 0.3 is 17.1 Å². The van der Waals surface area contributed by atoms with Crippen LogP contribution in [0.1, 0.15) is 55.4 Å². The zero-order valence-electron chi connectivity index (χ0n) is 18.8. The molecule has 0 radical (unpaired) electrons. The van der Waals surface area contributed by atoms with Gasteiger partial charge in [0.25, 0.3) is 0 Å². The predicted octanol–water partition coefficient (Wildman–Crippen LogP) is 3.04. The second-order valence-corrected chi connectivity index (χ2v) is 18.2. The van der Waals surface area contributed by atoms with Gasteiger partial charge in [-0.2, -0.15) is 0 Å². The van der Waals surface area contributed by atoms with E-state index < -0.39 is 47.8 Å². The van der Waals surface area contributed by atoms with E-state index in [1.165, 1.54) is 7.11 Å². The minimum Gasteiger partial charge on any atom is -0.414 e. The van der Waals surface area contributed by atoms with Crippen LogP contribution in [0.25, 0.3) is 0 Å². The second-order valence-electron chi connectivity index (χ2n) is 9.32. The van der Waals surface area contributed by atoms with Crippen LogP contribution in [0.2, 0.25) is 22.2 Å². The number of hydrogen-bond donors (Lipinski definition) is 2. The SMILES string of the molecule is COC1OC2CO[Si](C(C)C)(C(C)C)O[Si](C(C)C)(C(C)C)OC2C(O)C1O. The zero-order valence-corrected chi connectivity index (χ0v) is 20.8. The van der Waals surface area contributed by atoms with E-state index in [2.05, 4.69) is 55.4 Å². The van der Waals surface area contributed by atoms with E-state index in [1.807, 2.05) is 0 Å². The van der Waals surface area contributed by atoms with Crippen LogP contribution in [0.15, 0.2) is 0 Å². The third-order valence-electron chi connectivity index (χ3n) is 6.20. The van der Waals surface area contributed by atoms with Crippen LogP contribution in [0.3, 0.4) is 0 Å². The van der Waals surface area contributed by atoms with Gasteiger partial charge in [-0.05, 0) is 22.2 Å². The molecule has 28 heavy (non-hydrogen) atoms.